The van der Waals surface area contributed by atoms with Crippen LogP contribution >= 0.6 is 11.6 Å². The summed E-state index contributed by atoms with van der Waals surface area (Å²) in [6.45, 7) is 1.30. The van der Waals surface area contributed by atoms with Gasteiger partial charge in [0.05, 0.1) is 6.67 Å². The van der Waals surface area contributed by atoms with Gasteiger partial charge >= 0.3 is 0 Å². The first-order valence-corrected chi connectivity index (χ1v) is 8.62. The van der Waals surface area contributed by atoms with Gasteiger partial charge in [0, 0.05) is 24.0 Å². The van der Waals surface area contributed by atoms with E-state index >= 15 is 0 Å². The summed E-state index contributed by atoms with van der Waals surface area (Å²) in [6.07, 6.45) is 3.15. The Morgan fingerprint density at radius 2 is 2.05 bits per heavy atom. The molecule has 22 heavy (non-hydrogen) atoms. The Morgan fingerprint density at radius 3 is 2.86 bits per heavy atom. The summed E-state index contributed by atoms with van der Waals surface area (Å²) >= 11 is 6.34. The first-order valence-electron chi connectivity index (χ1n) is 8.18. The van der Waals surface area contributed by atoms with E-state index in [1.807, 2.05) is 23.1 Å². The van der Waals surface area contributed by atoms with Gasteiger partial charge in [0.25, 0.3) is 0 Å². The summed E-state index contributed by atoms with van der Waals surface area (Å²) in [7, 11) is 0. The van der Waals surface area contributed by atoms with Crippen LogP contribution in [0.15, 0.2) is 30.3 Å². The van der Waals surface area contributed by atoms with Crippen molar-refractivity contribution in [3.05, 3.63) is 35.9 Å². The number of fused-ring (bicyclic) bond motifs is 3. The summed E-state index contributed by atoms with van der Waals surface area (Å²) in [5.41, 5.74) is 1.17. The molecule has 118 valence electrons. The maximum absolute atomic E-state index is 12.8. The SMILES string of the molecule is O=C1C2NC3CCC(Cl)CC3C2NCN1Cc1ccccc1. The molecule has 0 bridgehead atoms. The van der Waals surface area contributed by atoms with Gasteiger partial charge in [-0.15, -0.1) is 11.6 Å². The maximum Gasteiger partial charge on any atom is 0.242 e. The van der Waals surface area contributed by atoms with Crippen LogP contribution in [0.25, 0.3) is 0 Å². The lowest BCUT2D eigenvalue weighted by molar-refractivity contribution is -0.137. The Bertz CT molecular complexity index is 552. The Kier molecular flexibility index (Phi) is 3.84. The number of alkyl halides is 1. The summed E-state index contributed by atoms with van der Waals surface area (Å²) in [5, 5.41) is 7.42. The van der Waals surface area contributed by atoms with Crippen LogP contribution in [0.4, 0.5) is 0 Å². The van der Waals surface area contributed by atoms with E-state index in [2.05, 4.69) is 22.8 Å². The van der Waals surface area contributed by atoms with E-state index in [-0.39, 0.29) is 23.4 Å². The highest BCUT2D eigenvalue weighted by Crippen LogP contribution is 2.37. The first-order chi connectivity index (χ1) is 10.7. The number of hydrogen-bond donors (Lipinski definition) is 2. The molecule has 2 aliphatic heterocycles. The molecular formula is C17H22ClN3O. The third-order valence-electron chi connectivity index (χ3n) is 5.36. The second-order valence-corrected chi connectivity index (χ2v) is 7.35. The number of carbonyl (C=O) groups is 1. The van der Waals surface area contributed by atoms with Crippen LogP contribution in [-0.2, 0) is 11.3 Å². The minimum absolute atomic E-state index is 0.0885. The lowest BCUT2D eigenvalue weighted by Crippen LogP contribution is -2.61. The second kappa shape index (κ2) is 5.84. The number of benzene rings is 1. The Hall–Kier alpha value is -1.10. The smallest absolute Gasteiger partial charge is 0.242 e. The minimum Gasteiger partial charge on any atom is -0.324 e. The van der Waals surface area contributed by atoms with E-state index in [1.54, 1.807) is 0 Å². The topological polar surface area (TPSA) is 44.4 Å². The molecular weight excluding hydrogens is 298 g/mol. The van der Waals surface area contributed by atoms with Crippen LogP contribution in [0.5, 0.6) is 0 Å². The van der Waals surface area contributed by atoms with E-state index in [0.717, 1.165) is 19.3 Å². The Balaban J connectivity index is 1.47. The van der Waals surface area contributed by atoms with Crippen LogP contribution in [0.1, 0.15) is 24.8 Å². The van der Waals surface area contributed by atoms with Crippen molar-refractivity contribution in [1.82, 2.24) is 15.5 Å². The van der Waals surface area contributed by atoms with Gasteiger partial charge in [-0.2, -0.15) is 0 Å². The number of carbonyl (C=O) groups excluding carboxylic acids is 1. The Morgan fingerprint density at radius 1 is 1.23 bits per heavy atom. The predicted molar refractivity (Wildman–Crippen MR) is 86.5 cm³/mol. The van der Waals surface area contributed by atoms with Gasteiger partial charge in [-0.25, -0.2) is 0 Å². The molecule has 1 aliphatic carbocycles. The molecule has 2 N–H and O–H groups in total. The maximum atomic E-state index is 12.8. The molecule has 5 unspecified atom stereocenters. The molecule has 0 radical (unpaired) electrons. The molecule has 3 aliphatic rings. The van der Waals surface area contributed by atoms with Crippen LogP contribution in [-0.4, -0.2) is 41.0 Å². The predicted octanol–water partition coefficient (Wildman–Crippen LogP) is 1.69. The van der Waals surface area contributed by atoms with Crippen LogP contribution in [0.2, 0.25) is 0 Å². The van der Waals surface area contributed by atoms with E-state index in [1.165, 1.54) is 5.56 Å². The fourth-order valence-electron chi connectivity index (χ4n) is 4.26. The number of hydrogen-bond acceptors (Lipinski definition) is 3. The zero-order valence-electron chi connectivity index (χ0n) is 12.5. The van der Waals surface area contributed by atoms with E-state index in [9.17, 15) is 4.79 Å². The lowest BCUT2D eigenvalue weighted by Gasteiger charge is -2.38. The summed E-state index contributed by atoms with van der Waals surface area (Å²) < 4.78 is 0. The number of nitrogens with one attached hydrogen (secondary N) is 2. The van der Waals surface area contributed by atoms with Gasteiger partial charge in [-0.1, -0.05) is 30.3 Å². The van der Waals surface area contributed by atoms with Crippen molar-refractivity contribution in [1.29, 1.82) is 0 Å². The molecule has 2 heterocycles. The fourth-order valence-corrected chi connectivity index (χ4v) is 4.59. The molecule has 1 aromatic rings. The molecule has 1 saturated carbocycles. The molecule has 5 atom stereocenters. The summed E-state index contributed by atoms with van der Waals surface area (Å²) in [4.78, 5) is 14.7. The fraction of sp³-hybridized carbons (Fsp3) is 0.588. The second-order valence-electron chi connectivity index (χ2n) is 6.73. The quantitative estimate of drug-likeness (QED) is 0.815. The number of rotatable bonds is 2. The highest BCUT2D eigenvalue weighted by molar-refractivity contribution is 6.20. The highest BCUT2D eigenvalue weighted by atomic mass is 35.5. The van der Waals surface area contributed by atoms with E-state index in [4.69, 9.17) is 11.6 Å². The lowest BCUT2D eigenvalue weighted by atomic mass is 9.81. The van der Waals surface area contributed by atoms with Gasteiger partial charge in [0.2, 0.25) is 5.91 Å². The van der Waals surface area contributed by atoms with E-state index < -0.39 is 0 Å². The molecule has 4 rings (SSSR count). The standard InChI is InChI=1S/C17H22ClN3O/c18-12-6-7-14-13(8-12)15-16(20-14)17(22)21(10-19-15)9-11-4-2-1-3-5-11/h1-5,12-16,19-20H,6-10H2. The summed E-state index contributed by atoms with van der Waals surface area (Å²) in [6, 6.07) is 10.8. The van der Waals surface area contributed by atoms with Crippen LogP contribution in [0.3, 0.4) is 0 Å². The summed E-state index contributed by atoms with van der Waals surface area (Å²) in [5.74, 6) is 0.720. The van der Waals surface area contributed by atoms with Crippen LogP contribution in [0, 0.1) is 5.92 Å². The molecule has 5 heteroatoms. The average molecular weight is 320 g/mol. The molecule has 4 nitrogen and oxygen atoms in total. The van der Waals surface area contributed by atoms with Crippen LogP contribution < -0.4 is 10.6 Å². The number of nitrogens with zero attached hydrogens (tertiary/aromatic N) is 1. The van der Waals surface area contributed by atoms with Crippen molar-refractivity contribution >= 4 is 17.5 Å². The van der Waals surface area contributed by atoms with Crippen molar-refractivity contribution < 1.29 is 4.79 Å². The van der Waals surface area contributed by atoms with Crippen molar-refractivity contribution in [2.24, 2.45) is 5.92 Å². The number of halogens is 1. The van der Waals surface area contributed by atoms with E-state index in [0.29, 0.717) is 25.2 Å². The Labute approximate surface area is 136 Å². The largest absolute Gasteiger partial charge is 0.324 e. The molecule has 2 saturated heterocycles. The third-order valence-corrected chi connectivity index (χ3v) is 5.76. The normalized spacial score (nSPS) is 37.8. The zero-order chi connectivity index (χ0) is 15.1. The molecule has 1 amide bonds. The van der Waals surface area contributed by atoms with Gasteiger partial charge in [-0.05, 0) is 30.7 Å². The number of amides is 1. The molecule has 0 spiro atoms. The zero-order valence-corrected chi connectivity index (χ0v) is 13.3. The monoisotopic (exact) mass is 319 g/mol. The van der Waals surface area contributed by atoms with Crippen molar-refractivity contribution in [3.8, 4) is 0 Å². The minimum atomic E-state index is -0.0885. The van der Waals surface area contributed by atoms with Gasteiger partial charge in [0.1, 0.15) is 6.04 Å². The van der Waals surface area contributed by atoms with Gasteiger partial charge in [-0.3, -0.25) is 10.1 Å². The van der Waals surface area contributed by atoms with Gasteiger partial charge < -0.3 is 10.2 Å². The van der Waals surface area contributed by atoms with Crippen molar-refractivity contribution in [3.63, 3.8) is 0 Å². The third kappa shape index (κ3) is 2.53. The highest BCUT2D eigenvalue weighted by Gasteiger charge is 2.50. The molecule has 3 fully saturated rings. The van der Waals surface area contributed by atoms with Gasteiger partial charge in [0.15, 0.2) is 0 Å². The molecule has 0 aromatic heterocycles. The average Bonchev–Trinajstić information content (AvgIpc) is 2.90. The molecule has 1 aromatic carbocycles. The first kappa shape index (κ1) is 14.5. The van der Waals surface area contributed by atoms with Crippen molar-refractivity contribution in [2.45, 2.75) is 49.3 Å². The van der Waals surface area contributed by atoms with Crippen molar-refractivity contribution in [2.75, 3.05) is 6.67 Å².